The molecule has 12 nitrogen and oxygen atoms in total. The number of carbonyl (C=O) groups excluding carboxylic acids is 4. The third kappa shape index (κ3) is 14.1. The first-order valence-electron chi connectivity index (χ1n) is 18.7. The smallest absolute Gasteiger partial charge is 0.245 e. The van der Waals surface area contributed by atoms with E-state index in [1.807, 2.05) is 24.3 Å². The number of phenolic OH excluding ortho intramolecular Hbond substituents is 1. The minimum atomic E-state index is -0.834. The number of methoxy groups -OCH3 is 1. The summed E-state index contributed by atoms with van der Waals surface area (Å²) < 4.78 is 11.3. The fourth-order valence-corrected chi connectivity index (χ4v) is 6.57. The molecule has 4 N–H and O–H groups in total. The number of para-hydroxylation sites is 2. The van der Waals surface area contributed by atoms with Crippen molar-refractivity contribution in [2.45, 2.75) is 95.6 Å². The highest BCUT2D eigenvalue weighted by Crippen LogP contribution is 2.25. The zero-order valence-corrected chi connectivity index (χ0v) is 30.2. The lowest BCUT2D eigenvalue weighted by Crippen LogP contribution is -2.55. The number of phenols is 1. The Bertz CT molecular complexity index is 1380. The van der Waals surface area contributed by atoms with Crippen LogP contribution in [0.5, 0.6) is 17.2 Å². The van der Waals surface area contributed by atoms with Gasteiger partial charge >= 0.3 is 0 Å². The first kappa shape index (κ1) is 39.5. The number of aromatic hydroxyl groups is 1. The number of piperazine rings is 1. The number of nitrogens with zero attached hydrogens (tertiary/aromatic N) is 2. The zero-order valence-electron chi connectivity index (χ0n) is 30.2. The standard InChI is InChI=1S/C39H57N5O7/c1-50-34-13-9-10-14-35(34)51-28-12-23-43-24-26-44(27-25-43)39(49)32-20-21-37(47)42-33(29-30-16-18-31(45)19-17-30)38(48)40-22-11-7-5-3-2-4-6-8-15-36(46)41-32/h9-10,13-14,16-19,32-33,45H,2-8,11-12,15,20-29H2,1H3,(H,40,48)(H,41,46)(H,42,47)/t32-,33-/m0/s1. The summed E-state index contributed by atoms with van der Waals surface area (Å²) in [6, 6.07) is 12.5. The minimum absolute atomic E-state index is 0.0256. The van der Waals surface area contributed by atoms with E-state index in [1.54, 1.807) is 36.3 Å². The minimum Gasteiger partial charge on any atom is -0.508 e. The highest BCUT2D eigenvalue weighted by Gasteiger charge is 2.30. The molecule has 2 atom stereocenters. The zero-order chi connectivity index (χ0) is 36.3. The van der Waals surface area contributed by atoms with Crippen LogP contribution in [-0.4, -0.2) is 104 Å². The summed E-state index contributed by atoms with van der Waals surface area (Å²) in [4.78, 5) is 57.4. The van der Waals surface area contributed by atoms with E-state index >= 15 is 0 Å². The van der Waals surface area contributed by atoms with Gasteiger partial charge in [0.15, 0.2) is 11.5 Å². The van der Waals surface area contributed by atoms with Crippen molar-refractivity contribution in [3.8, 4) is 17.2 Å². The van der Waals surface area contributed by atoms with E-state index < -0.39 is 12.1 Å². The average molecular weight is 708 g/mol. The topological polar surface area (TPSA) is 150 Å². The van der Waals surface area contributed by atoms with Crippen molar-refractivity contribution in [2.24, 2.45) is 0 Å². The Morgan fingerprint density at radius 3 is 2.16 bits per heavy atom. The number of amides is 4. The van der Waals surface area contributed by atoms with Gasteiger partial charge in [-0.3, -0.25) is 24.1 Å². The quantitative estimate of drug-likeness (QED) is 0.287. The molecular weight excluding hydrogens is 650 g/mol. The summed E-state index contributed by atoms with van der Waals surface area (Å²) in [6.45, 7) is 4.38. The van der Waals surface area contributed by atoms with Crippen LogP contribution in [0.1, 0.15) is 82.6 Å². The number of rotatable bonds is 9. The van der Waals surface area contributed by atoms with Gasteiger partial charge in [-0.25, -0.2) is 0 Å². The lowest BCUT2D eigenvalue weighted by Gasteiger charge is -2.36. The molecule has 0 unspecified atom stereocenters. The van der Waals surface area contributed by atoms with Crippen LogP contribution >= 0.6 is 0 Å². The predicted molar refractivity (Wildman–Crippen MR) is 196 cm³/mol. The average Bonchev–Trinajstić information content (AvgIpc) is 3.14. The van der Waals surface area contributed by atoms with Crippen LogP contribution < -0.4 is 25.4 Å². The number of benzene rings is 2. The lowest BCUT2D eigenvalue weighted by atomic mass is 10.0. The molecule has 0 bridgehead atoms. The van der Waals surface area contributed by atoms with Gasteiger partial charge in [0.25, 0.3) is 0 Å². The molecule has 12 heteroatoms. The van der Waals surface area contributed by atoms with Gasteiger partial charge in [-0.1, -0.05) is 62.8 Å². The van der Waals surface area contributed by atoms with E-state index in [0.29, 0.717) is 57.3 Å². The van der Waals surface area contributed by atoms with Gasteiger partial charge in [-0.2, -0.15) is 0 Å². The van der Waals surface area contributed by atoms with Crippen molar-refractivity contribution in [3.63, 3.8) is 0 Å². The molecule has 4 amide bonds. The molecule has 2 saturated heterocycles. The summed E-state index contributed by atoms with van der Waals surface area (Å²) in [5.74, 6) is 0.545. The third-order valence-electron chi connectivity index (χ3n) is 9.58. The van der Waals surface area contributed by atoms with E-state index in [2.05, 4.69) is 20.9 Å². The molecule has 2 aromatic rings. The molecular formula is C39H57N5O7. The fourth-order valence-electron chi connectivity index (χ4n) is 6.57. The van der Waals surface area contributed by atoms with Crippen LogP contribution in [0.15, 0.2) is 48.5 Å². The Labute approximate surface area is 302 Å². The van der Waals surface area contributed by atoms with Crippen molar-refractivity contribution in [3.05, 3.63) is 54.1 Å². The Kier molecular flexibility index (Phi) is 16.9. The molecule has 0 radical (unpaired) electrons. The SMILES string of the molecule is COc1ccccc1OCCCN1CCN(C(=O)[C@@H]2CCC(=O)N[C@@H](Cc3ccc(O)cc3)C(=O)NCCCCCCCCCCC(=O)N2)CC1. The second-order valence-corrected chi connectivity index (χ2v) is 13.5. The highest BCUT2D eigenvalue weighted by atomic mass is 16.5. The van der Waals surface area contributed by atoms with Crippen LogP contribution in [-0.2, 0) is 25.6 Å². The van der Waals surface area contributed by atoms with Crippen molar-refractivity contribution in [2.75, 3.05) is 53.0 Å². The van der Waals surface area contributed by atoms with Crippen molar-refractivity contribution < 1.29 is 33.8 Å². The maximum Gasteiger partial charge on any atom is 0.245 e. The maximum atomic E-state index is 13.8. The first-order valence-corrected chi connectivity index (χ1v) is 18.7. The molecule has 2 fully saturated rings. The Morgan fingerprint density at radius 1 is 0.804 bits per heavy atom. The number of hydrogen-bond donors (Lipinski definition) is 4. The number of ether oxygens (including phenoxy) is 2. The van der Waals surface area contributed by atoms with Crippen LogP contribution in [0.25, 0.3) is 0 Å². The second kappa shape index (κ2) is 21.8. The van der Waals surface area contributed by atoms with Gasteiger partial charge in [0.1, 0.15) is 17.8 Å². The predicted octanol–water partition coefficient (Wildman–Crippen LogP) is 3.95. The summed E-state index contributed by atoms with van der Waals surface area (Å²) in [5, 5.41) is 18.5. The molecule has 4 rings (SSSR count). The van der Waals surface area contributed by atoms with Crippen LogP contribution in [0.4, 0.5) is 0 Å². The van der Waals surface area contributed by atoms with Crippen molar-refractivity contribution >= 4 is 23.6 Å². The lowest BCUT2D eigenvalue weighted by molar-refractivity contribution is -0.138. The molecule has 280 valence electrons. The Hall–Kier alpha value is -4.32. The summed E-state index contributed by atoms with van der Waals surface area (Å²) in [5.41, 5.74) is 0.797. The molecule has 2 heterocycles. The van der Waals surface area contributed by atoms with Crippen molar-refractivity contribution in [1.82, 2.24) is 25.8 Å². The normalized spacial score (nSPS) is 21.1. The van der Waals surface area contributed by atoms with Gasteiger partial charge in [-0.15, -0.1) is 0 Å². The van der Waals surface area contributed by atoms with E-state index in [-0.39, 0.29) is 48.6 Å². The number of carbonyl (C=O) groups is 4. The van der Waals surface area contributed by atoms with Crippen LogP contribution in [0, 0.1) is 0 Å². The van der Waals surface area contributed by atoms with Gasteiger partial charge in [-0.05, 0) is 55.5 Å². The van der Waals surface area contributed by atoms with Gasteiger partial charge in [0.05, 0.1) is 13.7 Å². The van der Waals surface area contributed by atoms with Crippen LogP contribution in [0.2, 0.25) is 0 Å². The molecule has 0 spiro atoms. The summed E-state index contributed by atoms with van der Waals surface area (Å²) in [6.07, 6.45) is 9.49. The molecule has 2 aliphatic heterocycles. The Morgan fingerprint density at radius 2 is 1.45 bits per heavy atom. The molecule has 2 aromatic carbocycles. The number of nitrogens with one attached hydrogen (secondary N) is 3. The van der Waals surface area contributed by atoms with E-state index in [9.17, 15) is 24.3 Å². The van der Waals surface area contributed by atoms with Gasteiger partial charge in [0.2, 0.25) is 23.6 Å². The van der Waals surface area contributed by atoms with E-state index in [1.165, 1.54) is 0 Å². The summed E-state index contributed by atoms with van der Waals surface area (Å²) >= 11 is 0. The molecule has 0 aliphatic carbocycles. The summed E-state index contributed by atoms with van der Waals surface area (Å²) in [7, 11) is 1.62. The second-order valence-electron chi connectivity index (χ2n) is 13.5. The maximum absolute atomic E-state index is 13.8. The monoisotopic (exact) mass is 707 g/mol. The van der Waals surface area contributed by atoms with Gasteiger partial charge in [0, 0.05) is 58.5 Å². The van der Waals surface area contributed by atoms with Crippen LogP contribution in [0.3, 0.4) is 0 Å². The molecule has 0 aromatic heterocycles. The third-order valence-corrected chi connectivity index (χ3v) is 9.58. The molecule has 51 heavy (non-hydrogen) atoms. The molecule has 0 saturated carbocycles. The first-order chi connectivity index (χ1) is 24.8. The van der Waals surface area contributed by atoms with Gasteiger partial charge < -0.3 is 35.4 Å². The Balaban J connectivity index is 1.33. The highest BCUT2D eigenvalue weighted by molar-refractivity contribution is 5.90. The van der Waals surface area contributed by atoms with E-state index in [4.69, 9.17) is 9.47 Å². The fraction of sp³-hybridized carbons (Fsp3) is 0.590. The number of hydrogen-bond acceptors (Lipinski definition) is 8. The molecule has 2 aliphatic rings. The largest absolute Gasteiger partial charge is 0.508 e. The van der Waals surface area contributed by atoms with Crippen molar-refractivity contribution in [1.29, 1.82) is 0 Å². The van der Waals surface area contributed by atoms with E-state index in [0.717, 1.165) is 69.9 Å².